The number of carbonyl (C=O) groups is 1. The molecule has 1 aliphatic rings. The van der Waals surface area contributed by atoms with Crippen molar-refractivity contribution in [1.29, 1.82) is 0 Å². The molecule has 3 rings (SSSR count). The van der Waals surface area contributed by atoms with Crippen LogP contribution in [0.5, 0.6) is 11.5 Å². The topological polar surface area (TPSA) is 38.8 Å². The molecule has 0 saturated carbocycles. The summed E-state index contributed by atoms with van der Waals surface area (Å²) >= 11 is 6.02. The van der Waals surface area contributed by atoms with Crippen molar-refractivity contribution in [1.82, 2.24) is 4.90 Å². The first-order valence-corrected chi connectivity index (χ1v) is 8.20. The molecular formula is C19H20ClNO3. The van der Waals surface area contributed by atoms with Gasteiger partial charge in [-0.1, -0.05) is 23.7 Å². The van der Waals surface area contributed by atoms with Gasteiger partial charge >= 0.3 is 0 Å². The van der Waals surface area contributed by atoms with Gasteiger partial charge in [0.2, 0.25) is 5.91 Å². The Morgan fingerprint density at radius 3 is 2.33 bits per heavy atom. The number of ether oxygens (including phenoxy) is 2. The summed E-state index contributed by atoms with van der Waals surface area (Å²) in [5.41, 5.74) is 3.27. The first kappa shape index (κ1) is 16.7. The van der Waals surface area contributed by atoms with Crippen LogP contribution < -0.4 is 9.47 Å². The maximum Gasteiger partial charge on any atom is 0.220 e. The standard InChI is InChI=1S/C19H20ClNO3/c1-12(22)21-9-8-14-10-17(23-2)18(24-3)11-16(14)19(21)13-4-6-15(20)7-5-13/h4-7,10-11,19H,8-9H2,1-3H3. The van der Waals surface area contributed by atoms with Crippen molar-refractivity contribution < 1.29 is 14.3 Å². The normalized spacial score (nSPS) is 16.5. The third-order valence-corrected chi connectivity index (χ3v) is 4.72. The molecule has 1 atom stereocenters. The zero-order valence-electron chi connectivity index (χ0n) is 14.0. The lowest BCUT2D eigenvalue weighted by atomic mass is 9.87. The summed E-state index contributed by atoms with van der Waals surface area (Å²) < 4.78 is 10.9. The van der Waals surface area contributed by atoms with Gasteiger partial charge in [-0.25, -0.2) is 0 Å². The van der Waals surface area contributed by atoms with Crippen LogP contribution in [0, 0.1) is 0 Å². The van der Waals surface area contributed by atoms with E-state index in [1.165, 1.54) is 5.56 Å². The molecule has 5 heteroatoms. The number of hydrogen-bond acceptors (Lipinski definition) is 3. The van der Waals surface area contributed by atoms with Gasteiger partial charge in [0.25, 0.3) is 0 Å². The van der Waals surface area contributed by atoms with Crippen LogP contribution in [0.25, 0.3) is 0 Å². The Bertz CT molecular complexity index is 758. The molecule has 0 N–H and O–H groups in total. The summed E-state index contributed by atoms with van der Waals surface area (Å²) in [6, 6.07) is 11.5. The fourth-order valence-electron chi connectivity index (χ4n) is 3.29. The average molecular weight is 346 g/mol. The minimum Gasteiger partial charge on any atom is -0.493 e. The number of methoxy groups -OCH3 is 2. The predicted molar refractivity (Wildman–Crippen MR) is 93.9 cm³/mol. The van der Waals surface area contributed by atoms with Gasteiger partial charge < -0.3 is 14.4 Å². The summed E-state index contributed by atoms with van der Waals surface area (Å²) in [6.07, 6.45) is 0.791. The maximum atomic E-state index is 12.2. The van der Waals surface area contributed by atoms with Gasteiger partial charge in [0.05, 0.1) is 20.3 Å². The highest BCUT2D eigenvalue weighted by molar-refractivity contribution is 6.30. The van der Waals surface area contributed by atoms with E-state index in [0.29, 0.717) is 23.1 Å². The van der Waals surface area contributed by atoms with Crippen LogP contribution in [-0.4, -0.2) is 31.6 Å². The molecule has 0 radical (unpaired) electrons. The molecule has 2 aromatic carbocycles. The van der Waals surface area contributed by atoms with Crippen LogP contribution in [0.2, 0.25) is 5.02 Å². The summed E-state index contributed by atoms with van der Waals surface area (Å²) in [6.45, 7) is 2.28. The van der Waals surface area contributed by atoms with E-state index in [-0.39, 0.29) is 11.9 Å². The number of rotatable bonds is 3. The molecule has 0 spiro atoms. The Morgan fingerprint density at radius 2 is 1.75 bits per heavy atom. The second-order valence-electron chi connectivity index (χ2n) is 5.82. The number of amides is 1. The molecule has 24 heavy (non-hydrogen) atoms. The SMILES string of the molecule is COc1cc2c(cc1OC)C(c1ccc(Cl)cc1)N(C(C)=O)CC2. The van der Waals surface area contributed by atoms with Gasteiger partial charge in [0.1, 0.15) is 0 Å². The Morgan fingerprint density at radius 1 is 1.12 bits per heavy atom. The van der Waals surface area contributed by atoms with E-state index in [2.05, 4.69) is 0 Å². The largest absolute Gasteiger partial charge is 0.493 e. The molecule has 0 aliphatic carbocycles. The van der Waals surface area contributed by atoms with Gasteiger partial charge in [-0.05, 0) is 47.4 Å². The third-order valence-electron chi connectivity index (χ3n) is 4.46. The molecule has 1 amide bonds. The Hall–Kier alpha value is -2.20. The van der Waals surface area contributed by atoms with E-state index < -0.39 is 0 Å². The summed E-state index contributed by atoms with van der Waals surface area (Å²) in [7, 11) is 3.25. The van der Waals surface area contributed by atoms with Crippen LogP contribution in [0.3, 0.4) is 0 Å². The number of halogens is 1. The third kappa shape index (κ3) is 2.94. The summed E-state index contributed by atoms with van der Waals surface area (Å²) in [4.78, 5) is 14.1. The minimum atomic E-state index is -0.150. The Kier molecular flexibility index (Phi) is 4.67. The summed E-state index contributed by atoms with van der Waals surface area (Å²) in [5, 5.41) is 0.677. The lowest BCUT2D eigenvalue weighted by Gasteiger charge is -2.37. The van der Waals surface area contributed by atoms with Gasteiger partial charge in [-0.15, -0.1) is 0 Å². The number of benzene rings is 2. The van der Waals surface area contributed by atoms with Crippen molar-refractivity contribution in [2.24, 2.45) is 0 Å². The predicted octanol–water partition coefficient (Wildman–Crippen LogP) is 3.85. The number of carbonyl (C=O) groups excluding carboxylic acids is 1. The van der Waals surface area contributed by atoms with Gasteiger partial charge in [0, 0.05) is 18.5 Å². The zero-order valence-corrected chi connectivity index (χ0v) is 14.8. The quantitative estimate of drug-likeness (QED) is 0.848. The van der Waals surface area contributed by atoms with Crippen LogP contribution in [-0.2, 0) is 11.2 Å². The highest BCUT2D eigenvalue weighted by atomic mass is 35.5. The molecule has 126 valence electrons. The monoisotopic (exact) mass is 345 g/mol. The fourth-order valence-corrected chi connectivity index (χ4v) is 3.42. The number of nitrogens with zero attached hydrogens (tertiary/aromatic N) is 1. The summed E-state index contributed by atoms with van der Waals surface area (Å²) in [5.74, 6) is 1.43. The van der Waals surface area contributed by atoms with E-state index in [4.69, 9.17) is 21.1 Å². The molecule has 1 heterocycles. The molecule has 0 saturated heterocycles. The van der Waals surface area contributed by atoms with E-state index in [0.717, 1.165) is 17.5 Å². The first-order valence-electron chi connectivity index (χ1n) is 7.82. The van der Waals surface area contributed by atoms with E-state index >= 15 is 0 Å². The van der Waals surface area contributed by atoms with Gasteiger partial charge in [0.15, 0.2) is 11.5 Å². The highest BCUT2D eigenvalue weighted by Crippen LogP contribution is 2.41. The van der Waals surface area contributed by atoms with Crippen LogP contribution in [0.4, 0.5) is 0 Å². The molecule has 1 unspecified atom stereocenters. The van der Waals surface area contributed by atoms with Crippen molar-refractivity contribution in [3.63, 3.8) is 0 Å². The molecular weight excluding hydrogens is 326 g/mol. The van der Waals surface area contributed by atoms with Crippen molar-refractivity contribution in [2.45, 2.75) is 19.4 Å². The molecule has 2 aromatic rings. The van der Waals surface area contributed by atoms with E-state index in [1.54, 1.807) is 21.1 Å². The smallest absolute Gasteiger partial charge is 0.220 e. The van der Waals surface area contributed by atoms with Crippen LogP contribution >= 0.6 is 11.6 Å². The van der Waals surface area contributed by atoms with Crippen LogP contribution in [0.15, 0.2) is 36.4 Å². The molecule has 0 aromatic heterocycles. The lowest BCUT2D eigenvalue weighted by Crippen LogP contribution is -2.39. The van der Waals surface area contributed by atoms with Gasteiger partial charge in [-0.3, -0.25) is 4.79 Å². The van der Waals surface area contributed by atoms with Crippen LogP contribution in [0.1, 0.15) is 29.7 Å². The number of hydrogen-bond donors (Lipinski definition) is 0. The number of fused-ring (bicyclic) bond motifs is 1. The van der Waals surface area contributed by atoms with E-state index in [9.17, 15) is 4.79 Å². The van der Waals surface area contributed by atoms with Gasteiger partial charge in [-0.2, -0.15) is 0 Å². The molecule has 0 bridgehead atoms. The Balaban J connectivity index is 2.16. The van der Waals surface area contributed by atoms with Crippen molar-refractivity contribution >= 4 is 17.5 Å². The maximum absolute atomic E-state index is 12.2. The molecule has 4 nitrogen and oxygen atoms in total. The van der Waals surface area contributed by atoms with Crippen molar-refractivity contribution in [3.05, 3.63) is 58.1 Å². The molecule has 0 fully saturated rings. The Labute approximate surface area is 146 Å². The second-order valence-corrected chi connectivity index (χ2v) is 6.26. The highest BCUT2D eigenvalue weighted by Gasteiger charge is 2.31. The molecule has 1 aliphatic heterocycles. The van der Waals surface area contributed by atoms with Crippen molar-refractivity contribution in [3.8, 4) is 11.5 Å². The zero-order chi connectivity index (χ0) is 17.3. The lowest BCUT2D eigenvalue weighted by molar-refractivity contribution is -0.130. The fraction of sp³-hybridized carbons (Fsp3) is 0.316. The van der Waals surface area contributed by atoms with E-state index in [1.807, 2.05) is 41.3 Å². The minimum absolute atomic E-state index is 0.0513. The average Bonchev–Trinajstić information content (AvgIpc) is 2.60. The second kappa shape index (κ2) is 6.73. The first-order chi connectivity index (χ1) is 11.5. The van der Waals surface area contributed by atoms with Crippen molar-refractivity contribution in [2.75, 3.05) is 20.8 Å².